The highest BCUT2D eigenvalue weighted by Gasteiger charge is 2.93. The Morgan fingerprint density at radius 3 is 1.35 bits per heavy atom. The van der Waals surface area contributed by atoms with Gasteiger partial charge in [-0.25, -0.2) is 9.59 Å². The fourth-order valence-electron chi connectivity index (χ4n) is 2.52. The topological polar surface area (TPSA) is 83.8 Å². The molecule has 0 unspecified atom stereocenters. The molecule has 0 atom stereocenters. The van der Waals surface area contributed by atoms with Crippen LogP contribution in [0.4, 0.5) is 74.6 Å². The van der Waals surface area contributed by atoms with E-state index in [9.17, 15) is 84.2 Å². The van der Waals surface area contributed by atoms with Crippen LogP contribution in [-0.2, 0) is 0 Å². The number of halogens is 17. The third-order valence-electron chi connectivity index (χ3n) is 4.75. The monoisotopic (exact) mass is 626 g/mol. The smallest absolute Gasteiger partial charge is 0.460 e. The summed E-state index contributed by atoms with van der Waals surface area (Å²) in [4.78, 5) is 22.1. The molecule has 1 aromatic carbocycles. The Morgan fingerprint density at radius 2 is 0.975 bits per heavy atom. The van der Waals surface area contributed by atoms with Crippen LogP contribution in [0.25, 0.3) is 0 Å². The molecule has 40 heavy (non-hydrogen) atoms. The van der Waals surface area contributed by atoms with E-state index in [0.29, 0.717) is 6.92 Å². The molecule has 0 aliphatic carbocycles. The van der Waals surface area contributed by atoms with Gasteiger partial charge in [0.05, 0.1) is 11.1 Å². The number of aromatic carboxylic acids is 2. The molecule has 228 valence electrons. The molecular weight excluding hydrogens is 619 g/mol. The molecule has 1 aromatic rings. The summed E-state index contributed by atoms with van der Waals surface area (Å²) in [5.41, 5.74) is -3.33. The van der Waals surface area contributed by atoms with E-state index in [4.69, 9.17) is 10.2 Å². The first kappa shape index (κ1) is 34.5. The summed E-state index contributed by atoms with van der Waals surface area (Å²) in [7, 11) is 0. The van der Waals surface area contributed by atoms with Crippen LogP contribution < -0.4 is 4.74 Å². The van der Waals surface area contributed by atoms with E-state index in [2.05, 4.69) is 4.74 Å². The molecule has 0 saturated heterocycles. The Kier molecular flexibility index (Phi) is 8.51. The summed E-state index contributed by atoms with van der Waals surface area (Å²) in [6, 6.07) is -3.61. The van der Waals surface area contributed by atoms with Gasteiger partial charge < -0.3 is 14.9 Å². The van der Waals surface area contributed by atoms with Crippen molar-refractivity contribution in [2.45, 2.75) is 48.6 Å². The van der Waals surface area contributed by atoms with Crippen LogP contribution in [-0.4, -0.2) is 63.9 Å². The van der Waals surface area contributed by atoms with E-state index in [0.717, 1.165) is 0 Å². The van der Waals surface area contributed by atoms with Crippen LogP contribution in [0.2, 0.25) is 0 Å². The second-order valence-corrected chi connectivity index (χ2v) is 7.41. The van der Waals surface area contributed by atoms with E-state index < -0.39 is 87.9 Å². The van der Waals surface area contributed by atoms with Gasteiger partial charge in [0.15, 0.2) is 0 Å². The standard InChI is InChI=1S/C18H7F17O5/c1-4-2-5(10(36)37)6(11(38)39)3-7(4)40-9(20)8(19)12(21,22)13(23,24)14(25,26)15(27,28)16(29,30)17(31,32)18(33,34)35/h2-3H,1H3,(H,36,37)(H,38,39). The highest BCUT2D eigenvalue weighted by molar-refractivity contribution is 6.02. The maximum atomic E-state index is 13.9. The molecule has 0 saturated carbocycles. The van der Waals surface area contributed by atoms with Gasteiger partial charge in [-0.1, -0.05) is 0 Å². The predicted octanol–water partition coefficient (Wildman–Crippen LogP) is 7.25. The third-order valence-corrected chi connectivity index (χ3v) is 4.75. The van der Waals surface area contributed by atoms with Crippen LogP contribution in [0.15, 0.2) is 24.0 Å². The summed E-state index contributed by atoms with van der Waals surface area (Å²) >= 11 is 0. The minimum Gasteiger partial charge on any atom is -0.478 e. The van der Waals surface area contributed by atoms with Crippen molar-refractivity contribution >= 4 is 11.9 Å². The maximum Gasteiger partial charge on any atom is 0.460 e. The summed E-state index contributed by atoms with van der Waals surface area (Å²) in [5, 5.41) is 17.8. The van der Waals surface area contributed by atoms with Crippen molar-refractivity contribution in [3.05, 3.63) is 40.7 Å². The lowest BCUT2D eigenvalue weighted by Gasteiger charge is -2.41. The summed E-state index contributed by atoms with van der Waals surface area (Å²) in [5.74, 6) is -60.9. The number of hydrogen-bond donors (Lipinski definition) is 2. The van der Waals surface area contributed by atoms with Crippen molar-refractivity contribution in [1.29, 1.82) is 0 Å². The lowest BCUT2D eigenvalue weighted by atomic mass is 9.91. The number of rotatable bonds is 10. The molecule has 0 aliphatic heterocycles. The summed E-state index contributed by atoms with van der Waals surface area (Å²) in [6.45, 7) is 0.642. The molecule has 0 amide bonds. The predicted molar refractivity (Wildman–Crippen MR) is 90.7 cm³/mol. The summed E-state index contributed by atoms with van der Waals surface area (Å²) in [6.07, 6.45) is -7.86. The molecule has 0 heterocycles. The third kappa shape index (κ3) is 4.95. The van der Waals surface area contributed by atoms with Gasteiger partial charge in [0.25, 0.3) is 0 Å². The van der Waals surface area contributed by atoms with Gasteiger partial charge in [-0.3, -0.25) is 0 Å². The van der Waals surface area contributed by atoms with Gasteiger partial charge >= 0.3 is 59.7 Å². The van der Waals surface area contributed by atoms with Crippen molar-refractivity contribution in [3.63, 3.8) is 0 Å². The average molecular weight is 626 g/mol. The van der Waals surface area contributed by atoms with Crippen LogP contribution in [0, 0.1) is 6.92 Å². The SMILES string of the molecule is Cc1cc(C(=O)O)c(C(=O)O)cc1OC(F)=C(F)C(F)(F)C(F)(F)C(F)(F)C(F)(F)C(F)(F)C(F)(F)C(F)(F)F. The van der Waals surface area contributed by atoms with Crippen LogP contribution in [0.5, 0.6) is 5.75 Å². The lowest BCUT2D eigenvalue weighted by molar-refractivity contribution is -0.451. The molecular formula is C18H7F17O5. The first-order chi connectivity index (χ1) is 17.4. The van der Waals surface area contributed by atoms with Crippen molar-refractivity contribution in [2.24, 2.45) is 0 Å². The minimum atomic E-state index is -8.75. The zero-order chi connectivity index (χ0) is 32.2. The number of aryl methyl sites for hydroxylation is 1. The molecule has 0 spiro atoms. The van der Waals surface area contributed by atoms with E-state index >= 15 is 0 Å². The molecule has 0 aliphatic rings. The first-order valence-corrected chi connectivity index (χ1v) is 9.13. The van der Waals surface area contributed by atoms with E-state index in [-0.39, 0.29) is 12.1 Å². The van der Waals surface area contributed by atoms with Crippen LogP contribution >= 0.6 is 0 Å². The van der Waals surface area contributed by atoms with E-state index in [1.165, 1.54) is 0 Å². The number of carboxylic acid groups (broad SMARTS) is 2. The van der Waals surface area contributed by atoms with E-state index in [1.807, 2.05) is 0 Å². The maximum absolute atomic E-state index is 13.9. The molecule has 1 rings (SSSR count). The largest absolute Gasteiger partial charge is 0.478 e. The van der Waals surface area contributed by atoms with Gasteiger partial charge in [-0.2, -0.15) is 74.6 Å². The highest BCUT2D eigenvalue weighted by atomic mass is 19.4. The normalized spacial score (nSPS) is 15.1. The number of carboxylic acids is 2. The second kappa shape index (κ2) is 9.85. The van der Waals surface area contributed by atoms with Gasteiger partial charge in [0, 0.05) is 0 Å². The zero-order valence-electron chi connectivity index (χ0n) is 18.2. The Bertz CT molecular complexity index is 1220. The molecule has 0 fully saturated rings. The molecule has 5 nitrogen and oxygen atoms in total. The Hall–Kier alpha value is -3.49. The number of ether oxygens (including phenoxy) is 1. The lowest BCUT2D eigenvalue weighted by Crippen LogP contribution is -2.72. The zero-order valence-corrected chi connectivity index (χ0v) is 18.2. The molecule has 2 N–H and O–H groups in total. The van der Waals surface area contributed by atoms with Crippen molar-refractivity contribution < 1.29 is 99.2 Å². The van der Waals surface area contributed by atoms with Gasteiger partial charge in [-0.15, -0.1) is 0 Å². The summed E-state index contributed by atoms with van der Waals surface area (Å²) < 4.78 is 229. The van der Waals surface area contributed by atoms with Crippen molar-refractivity contribution in [1.82, 2.24) is 0 Å². The Balaban J connectivity index is 3.72. The van der Waals surface area contributed by atoms with Gasteiger partial charge in [0.2, 0.25) is 5.83 Å². The molecule has 0 radical (unpaired) electrons. The quantitative estimate of drug-likeness (QED) is 0.211. The fraction of sp³-hybridized carbons (Fsp3) is 0.444. The van der Waals surface area contributed by atoms with E-state index in [1.54, 1.807) is 0 Å². The number of allylic oxidation sites excluding steroid dienone is 1. The molecule has 0 bridgehead atoms. The van der Waals surface area contributed by atoms with Crippen LogP contribution in [0.1, 0.15) is 26.3 Å². The number of carbonyl (C=O) groups is 2. The van der Waals surface area contributed by atoms with Crippen molar-refractivity contribution in [3.8, 4) is 5.75 Å². The van der Waals surface area contributed by atoms with Crippen molar-refractivity contribution in [2.75, 3.05) is 0 Å². The highest BCUT2D eigenvalue weighted by Crippen LogP contribution is 2.63. The molecule has 22 heteroatoms. The number of hydrogen-bond acceptors (Lipinski definition) is 3. The first-order valence-electron chi connectivity index (χ1n) is 9.13. The van der Waals surface area contributed by atoms with Gasteiger partial charge in [-0.05, 0) is 24.6 Å². The number of benzene rings is 1. The number of alkyl halides is 15. The fourth-order valence-corrected chi connectivity index (χ4v) is 2.52. The second-order valence-electron chi connectivity index (χ2n) is 7.41. The minimum absolute atomic E-state index is 0.0766. The Labute approximate surface area is 207 Å². The average Bonchev–Trinajstić information content (AvgIpc) is 2.77. The Morgan fingerprint density at radius 1 is 0.625 bits per heavy atom. The van der Waals surface area contributed by atoms with Gasteiger partial charge in [0.1, 0.15) is 5.75 Å². The van der Waals surface area contributed by atoms with Crippen LogP contribution in [0.3, 0.4) is 0 Å². The molecule has 0 aromatic heterocycles.